The maximum Gasteiger partial charge on any atom is 0.259 e. The summed E-state index contributed by atoms with van der Waals surface area (Å²) in [4.78, 5) is 19.2. The Kier molecular flexibility index (Phi) is 7.74. The highest BCUT2D eigenvalue weighted by atomic mass is 35.5. The van der Waals surface area contributed by atoms with E-state index in [0.717, 1.165) is 16.3 Å². The van der Waals surface area contributed by atoms with Crippen molar-refractivity contribution in [1.82, 2.24) is 10.2 Å². The molecule has 5 nitrogen and oxygen atoms in total. The smallest absolute Gasteiger partial charge is 0.259 e. The van der Waals surface area contributed by atoms with Crippen LogP contribution < -0.4 is 10.1 Å². The van der Waals surface area contributed by atoms with Crippen molar-refractivity contribution in [3.8, 4) is 11.5 Å². The molecule has 4 aromatic rings. The van der Waals surface area contributed by atoms with Gasteiger partial charge in [0.05, 0.1) is 21.3 Å². The average molecular weight is 541 g/mol. The zero-order valence-electron chi connectivity index (χ0n) is 20.2. The number of nitrogens with one attached hydrogen (secondary N) is 1. The van der Waals surface area contributed by atoms with E-state index in [1.165, 1.54) is 0 Å². The quantitative estimate of drug-likeness (QED) is 0.210. The summed E-state index contributed by atoms with van der Waals surface area (Å²) in [6, 6.07) is 20.1. The van der Waals surface area contributed by atoms with Crippen LogP contribution in [-0.4, -0.2) is 30.9 Å². The number of guanidine groups is 1. The molecule has 4 rings (SSSR count). The Morgan fingerprint density at radius 1 is 0.889 bits per heavy atom. The number of carbonyl (C=O) groups excluding carboxylic acids is 1. The summed E-state index contributed by atoms with van der Waals surface area (Å²) in [5.74, 6) is 1.17. The van der Waals surface area contributed by atoms with Gasteiger partial charge in [0.1, 0.15) is 11.5 Å². The van der Waals surface area contributed by atoms with Crippen LogP contribution in [-0.2, 0) is 0 Å². The summed E-state index contributed by atoms with van der Waals surface area (Å²) in [6.45, 7) is 3.76. The lowest BCUT2D eigenvalue weighted by Gasteiger charge is -2.19. The molecule has 0 unspecified atom stereocenters. The van der Waals surface area contributed by atoms with Crippen LogP contribution in [0.1, 0.15) is 21.5 Å². The molecule has 0 atom stereocenters. The van der Waals surface area contributed by atoms with Crippen molar-refractivity contribution in [1.29, 1.82) is 0 Å². The molecule has 8 heteroatoms. The summed E-state index contributed by atoms with van der Waals surface area (Å²) in [5.41, 5.74) is 2.47. The first-order chi connectivity index (χ1) is 17.2. The van der Waals surface area contributed by atoms with Gasteiger partial charge >= 0.3 is 0 Å². The van der Waals surface area contributed by atoms with Gasteiger partial charge in [-0.2, -0.15) is 0 Å². The third-order valence-electron chi connectivity index (χ3n) is 5.66. The number of benzene rings is 4. The molecule has 0 aliphatic heterocycles. The lowest BCUT2D eigenvalue weighted by atomic mass is 10.1. The number of nitrogens with zero attached hydrogens (tertiary/aromatic N) is 2. The minimum Gasteiger partial charge on any atom is -0.455 e. The van der Waals surface area contributed by atoms with Gasteiger partial charge in [-0.3, -0.25) is 10.1 Å². The van der Waals surface area contributed by atoms with Crippen LogP contribution >= 0.6 is 34.8 Å². The van der Waals surface area contributed by atoms with Gasteiger partial charge in [-0.1, -0.05) is 71.2 Å². The first kappa shape index (κ1) is 25.8. The molecule has 0 fully saturated rings. The van der Waals surface area contributed by atoms with E-state index in [1.54, 1.807) is 49.3 Å². The molecular weight excluding hydrogens is 517 g/mol. The normalized spacial score (nSPS) is 11.5. The van der Waals surface area contributed by atoms with Crippen molar-refractivity contribution in [2.75, 3.05) is 14.1 Å². The van der Waals surface area contributed by atoms with E-state index in [-0.39, 0.29) is 5.91 Å². The minimum absolute atomic E-state index is 0.343. The van der Waals surface area contributed by atoms with Gasteiger partial charge in [-0.05, 0) is 55.3 Å². The predicted octanol–water partition coefficient (Wildman–Crippen LogP) is 8.19. The molecule has 0 aliphatic rings. The highest BCUT2D eigenvalue weighted by Gasteiger charge is 2.18. The Bertz CT molecular complexity index is 1500. The molecule has 0 saturated heterocycles. The molecule has 0 aliphatic carbocycles. The van der Waals surface area contributed by atoms with E-state index in [2.05, 4.69) is 5.32 Å². The van der Waals surface area contributed by atoms with Crippen molar-refractivity contribution in [3.63, 3.8) is 0 Å². The van der Waals surface area contributed by atoms with Crippen molar-refractivity contribution in [2.45, 2.75) is 13.8 Å². The number of fused-ring (bicyclic) bond motifs is 1. The fraction of sp³-hybridized carbons (Fsp3) is 0.143. The van der Waals surface area contributed by atoms with Crippen LogP contribution in [0.15, 0.2) is 71.7 Å². The standard InChI is InChI=1S/C28H24Cl3N3O2/c1-16-15-23(32-28(34(3)4)33-27(35)20-11-7-8-12-21(20)29)17(2)25(31)26(16)36-24-14-13-22(30)18-9-5-6-10-19(18)24/h5-15H,1-4H3,(H,32,33,35). The molecule has 36 heavy (non-hydrogen) atoms. The van der Waals surface area contributed by atoms with Crippen molar-refractivity contribution in [2.24, 2.45) is 4.99 Å². The topological polar surface area (TPSA) is 53.9 Å². The highest BCUT2D eigenvalue weighted by Crippen LogP contribution is 2.42. The molecule has 0 bridgehead atoms. The molecule has 1 amide bonds. The number of ether oxygens (including phenoxy) is 1. The number of aliphatic imine (C=N–C) groups is 1. The van der Waals surface area contributed by atoms with E-state index in [4.69, 9.17) is 44.5 Å². The van der Waals surface area contributed by atoms with Crippen molar-refractivity contribution < 1.29 is 9.53 Å². The molecule has 0 saturated carbocycles. The third kappa shape index (κ3) is 5.29. The van der Waals surface area contributed by atoms with Crippen LogP contribution in [0.3, 0.4) is 0 Å². The summed E-state index contributed by atoms with van der Waals surface area (Å²) in [7, 11) is 3.58. The number of amides is 1. The van der Waals surface area contributed by atoms with Crippen LogP contribution in [0.25, 0.3) is 10.8 Å². The monoisotopic (exact) mass is 539 g/mol. The van der Waals surface area contributed by atoms with Crippen molar-refractivity contribution in [3.05, 3.63) is 98.5 Å². The van der Waals surface area contributed by atoms with Gasteiger partial charge in [0.2, 0.25) is 5.96 Å². The minimum atomic E-state index is -0.358. The second-order valence-corrected chi connectivity index (χ2v) is 9.63. The Hall–Kier alpha value is -3.25. The number of rotatable bonds is 4. The number of aryl methyl sites for hydroxylation is 1. The zero-order valence-corrected chi connectivity index (χ0v) is 22.5. The Labute approximate surface area is 225 Å². The Morgan fingerprint density at radius 2 is 1.56 bits per heavy atom. The SMILES string of the molecule is Cc1cc(N=C(NC(=O)c2ccccc2Cl)N(C)C)c(C)c(Cl)c1Oc1ccc(Cl)c2ccccc12. The fourth-order valence-corrected chi connectivity index (χ4v) is 4.41. The fourth-order valence-electron chi connectivity index (χ4n) is 3.68. The van der Waals surface area contributed by atoms with Gasteiger partial charge in [0.15, 0.2) is 0 Å². The van der Waals surface area contributed by atoms with Gasteiger partial charge in [-0.15, -0.1) is 0 Å². The number of hydrogen-bond acceptors (Lipinski definition) is 3. The van der Waals surface area contributed by atoms with Crippen LogP contribution in [0.4, 0.5) is 5.69 Å². The van der Waals surface area contributed by atoms with E-state index in [0.29, 0.717) is 49.3 Å². The predicted molar refractivity (Wildman–Crippen MR) is 150 cm³/mol. The molecule has 0 radical (unpaired) electrons. The molecule has 1 N–H and O–H groups in total. The largest absolute Gasteiger partial charge is 0.455 e. The zero-order chi connectivity index (χ0) is 26.0. The van der Waals surface area contributed by atoms with Crippen LogP contribution in [0.5, 0.6) is 11.5 Å². The van der Waals surface area contributed by atoms with Crippen LogP contribution in [0.2, 0.25) is 15.1 Å². The third-order valence-corrected chi connectivity index (χ3v) is 6.78. The van der Waals surface area contributed by atoms with Gasteiger partial charge in [0, 0.05) is 29.9 Å². The van der Waals surface area contributed by atoms with E-state index >= 15 is 0 Å². The number of hydrogen-bond donors (Lipinski definition) is 1. The second-order valence-electron chi connectivity index (χ2n) is 8.44. The Balaban J connectivity index is 1.69. The Morgan fingerprint density at radius 3 is 2.25 bits per heavy atom. The van der Waals surface area contributed by atoms with Crippen LogP contribution in [0, 0.1) is 13.8 Å². The summed E-state index contributed by atoms with van der Waals surface area (Å²) in [6.07, 6.45) is 0. The molecule has 0 heterocycles. The van der Waals surface area contributed by atoms with Crippen molar-refractivity contribution >= 4 is 63.1 Å². The average Bonchev–Trinajstić information content (AvgIpc) is 2.86. The number of carbonyl (C=O) groups is 1. The van der Waals surface area contributed by atoms with Gasteiger partial charge in [0.25, 0.3) is 5.91 Å². The summed E-state index contributed by atoms with van der Waals surface area (Å²) >= 11 is 19.3. The van der Waals surface area contributed by atoms with E-state index < -0.39 is 0 Å². The first-order valence-corrected chi connectivity index (χ1v) is 12.3. The first-order valence-electron chi connectivity index (χ1n) is 11.1. The molecule has 184 valence electrons. The van der Waals surface area contributed by atoms with Gasteiger partial charge in [-0.25, -0.2) is 4.99 Å². The molecule has 0 spiro atoms. The maximum atomic E-state index is 12.8. The van der Waals surface area contributed by atoms with E-state index in [1.807, 2.05) is 50.2 Å². The molecule has 4 aromatic carbocycles. The molecule has 0 aromatic heterocycles. The summed E-state index contributed by atoms with van der Waals surface area (Å²) in [5, 5.41) is 6.06. The highest BCUT2D eigenvalue weighted by molar-refractivity contribution is 6.36. The maximum absolute atomic E-state index is 12.8. The van der Waals surface area contributed by atoms with Gasteiger partial charge < -0.3 is 9.64 Å². The molecular formula is C28H24Cl3N3O2. The lowest BCUT2D eigenvalue weighted by Crippen LogP contribution is -2.40. The lowest BCUT2D eigenvalue weighted by molar-refractivity contribution is 0.0973. The number of halogens is 3. The van der Waals surface area contributed by atoms with E-state index in [9.17, 15) is 4.79 Å². The summed E-state index contributed by atoms with van der Waals surface area (Å²) < 4.78 is 6.30. The second kappa shape index (κ2) is 10.8.